The van der Waals surface area contributed by atoms with Crippen LogP contribution in [-0.4, -0.2) is 20.9 Å². The van der Waals surface area contributed by atoms with Crippen LogP contribution in [-0.2, 0) is 11.2 Å². The summed E-state index contributed by atoms with van der Waals surface area (Å²) in [5, 5.41) is 3.91. The lowest BCUT2D eigenvalue weighted by atomic mass is 10.1. The van der Waals surface area contributed by atoms with Crippen LogP contribution >= 0.6 is 0 Å². The Balaban J connectivity index is 1.76. The summed E-state index contributed by atoms with van der Waals surface area (Å²) in [6, 6.07) is 5.70. The highest BCUT2D eigenvalue weighted by Gasteiger charge is 2.30. The Hall–Kier alpha value is -2.04. The molecule has 5 nitrogen and oxygen atoms in total. The number of ketones is 1. The summed E-state index contributed by atoms with van der Waals surface area (Å²) in [7, 11) is 0. The van der Waals surface area contributed by atoms with Crippen molar-refractivity contribution in [2.75, 3.05) is 0 Å². The molecule has 0 spiro atoms. The van der Waals surface area contributed by atoms with Gasteiger partial charge in [-0.15, -0.1) is 0 Å². The highest BCUT2D eigenvalue weighted by Crippen LogP contribution is 2.29. The van der Waals surface area contributed by atoms with E-state index in [9.17, 15) is 4.79 Å². The van der Waals surface area contributed by atoms with Crippen LogP contribution in [0.25, 0.3) is 0 Å². The summed E-state index contributed by atoms with van der Waals surface area (Å²) in [5.41, 5.74) is 0.891. The molecule has 0 N–H and O–H groups in total. The van der Waals surface area contributed by atoms with Gasteiger partial charge in [0, 0.05) is 18.3 Å². The number of pyridine rings is 1. The number of hydrogen-bond acceptors (Lipinski definition) is 5. The second kappa shape index (κ2) is 4.68. The predicted molar refractivity (Wildman–Crippen MR) is 62.9 cm³/mol. The average molecular weight is 243 g/mol. The SMILES string of the molecule is O=C1CCCC1c1nc(Cc2ccccn2)no1. The van der Waals surface area contributed by atoms with Crippen molar-refractivity contribution in [2.45, 2.75) is 31.6 Å². The first-order valence-electron chi connectivity index (χ1n) is 6.08. The van der Waals surface area contributed by atoms with Gasteiger partial charge in [0.25, 0.3) is 0 Å². The van der Waals surface area contributed by atoms with Gasteiger partial charge in [-0.05, 0) is 25.0 Å². The van der Waals surface area contributed by atoms with E-state index in [0.717, 1.165) is 18.5 Å². The molecule has 1 unspecified atom stereocenters. The predicted octanol–water partition coefficient (Wildman–Crippen LogP) is 1.89. The summed E-state index contributed by atoms with van der Waals surface area (Å²) in [6.07, 6.45) is 4.64. The normalized spacial score (nSPS) is 19.3. The van der Waals surface area contributed by atoms with Gasteiger partial charge in [0.2, 0.25) is 5.89 Å². The highest BCUT2D eigenvalue weighted by molar-refractivity contribution is 5.86. The Labute approximate surface area is 104 Å². The first-order valence-corrected chi connectivity index (χ1v) is 6.08. The van der Waals surface area contributed by atoms with Crippen LogP contribution in [0.3, 0.4) is 0 Å². The van der Waals surface area contributed by atoms with Crippen molar-refractivity contribution in [3.05, 3.63) is 41.8 Å². The van der Waals surface area contributed by atoms with Crippen molar-refractivity contribution >= 4 is 5.78 Å². The molecule has 18 heavy (non-hydrogen) atoms. The summed E-state index contributed by atoms with van der Waals surface area (Å²) in [4.78, 5) is 20.1. The van der Waals surface area contributed by atoms with Gasteiger partial charge in [0.05, 0.1) is 12.3 Å². The first-order chi connectivity index (χ1) is 8.83. The third-order valence-electron chi connectivity index (χ3n) is 3.15. The molecule has 5 heteroatoms. The molecule has 1 fully saturated rings. The van der Waals surface area contributed by atoms with Crippen molar-refractivity contribution in [3.8, 4) is 0 Å². The summed E-state index contributed by atoms with van der Waals surface area (Å²) in [5.74, 6) is 1.07. The van der Waals surface area contributed by atoms with E-state index in [1.165, 1.54) is 0 Å². The highest BCUT2D eigenvalue weighted by atomic mass is 16.5. The van der Waals surface area contributed by atoms with E-state index >= 15 is 0 Å². The van der Waals surface area contributed by atoms with E-state index in [-0.39, 0.29) is 11.7 Å². The molecule has 2 aromatic rings. The molecule has 2 heterocycles. The lowest BCUT2D eigenvalue weighted by molar-refractivity contribution is -0.119. The molecule has 92 valence electrons. The largest absolute Gasteiger partial charge is 0.339 e. The molecule has 2 aromatic heterocycles. The fourth-order valence-corrected chi connectivity index (χ4v) is 2.22. The molecule has 1 atom stereocenters. The molecule has 0 aliphatic heterocycles. The van der Waals surface area contributed by atoms with E-state index in [4.69, 9.17) is 4.52 Å². The molecule has 0 radical (unpaired) electrons. The number of rotatable bonds is 3. The fraction of sp³-hybridized carbons (Fsp3) is 0.385. The second-order valence-corrected chi connectivity index (χ2v) is 4.46. The van der Waals surface area contributed by atoms with Crippen molar-refractivity contribution in [1.29, 1.82) is 0 Å². The Morgan fingerprint density at radius 3 is 3.06 bits per heavy atom. The van der Waals surface area contributed by atoms with Crippen LogP contribution in [0.4, 0.5) is 0 Å². The van der Waals surface area contributed by atoms with E-state index in [2.05, 4.69) is 15.1 Å². The summed E-state index contributed by atoms with van der Waals surface area (Å²) in [6.45, 7) is 0. The molecule has 0 aromatic carbocycles. The smallest absolute Gasteiger partial charge is 0.237 e. The van der Waals surface area contributed by atoms with Crippen molar-refractivity contribution in [3.63, 3.8) is 0 Å². The minimum absolute atomic E-state index is 0.185. The first kappa shape index (κ1) is 11.1. The van der Waals surface area contributed by atoms with Crippen molar-refractivity contribution < 1.29 is 9.32 Å². The quantitative estimate of drug-likeness (QED) is 0.823. The number of aromatic nitrogens is 3. The summed E-state index contributed by atoms with van der Waals surface area (Å²) >= 11 is 0. The van der Waals surface area contributed by atoms with Gasteiger partial charge in [0.1, 0.15) is 5.78 Å². The Morgan fingerprint density at radius 2 is 2.33 bits per heavy atom. The number of nitrogens with zero attached hydrogens (tertiary/aromatic N) is 3. The zero-order valence-corrected chi connectivity index (χ0v) is 9.87. The van der Waals surface area contributed by atoms with Crippen LogP contribution in [0, 0.1) is 0 Å². The third-order valence-corrected chi connectivity index (χ3v) is 3.15. The third kappa shape index (κ3) is 2.16. The zero-order valence-electron chi connectivity index (χ0n) is 9.87. The molecule has 0 amide bonds. The van der Waals surface area contributed by atoms with Gasteiger partial charge in [0.15, 0.2) is 5.82 Å². The van der Waals surface area contributed by atoms with Crippen molar-refractivity contribution in [1.82, 2.24) is 15.1 Å². The van der Waals surface area contributed by atoms with E-state index < -0.39 is 0 Å². The Bertz CT molecular complexity index is 550. The molecule has 1 aliphatic carbocycles. The maximum atomic E-state index is 11.6. The van der Waals surface area contributed by atoms with Gasteiger partial charge >= 0.3 is 0 Å². The number of carbonyl (C=O) groups is 1. The standard InChI is InChI=1S/C13H13N3O2/c17-11-6-3-5-10(11)13-15-12(16-18-13)8-9-4-1-2-7-14-9/h1-2,4,7,10H,3,5-6,8H2. The molecule has 3 rings (SSSR count). The number of carbonyl (C=O) groups excluding carboxylic acids is 1. The maximum Gasteiger partial charge on any atom is 0.237 e. The molecule has 0 bridgehead atoms. The number of Topliss-reactive ketones (excluding diaryl/α,β-unsaturated/α-hetero) is 1. The average Bonchev–Trinajstić information content (AvgIpc) is 2.99. The van der Waals surface area contributed by atoms with E-state index in [0.29, 0.717) is 24.6 Å². The van der Waals surface area contributed by atoms with Gasteiger partial charge in [-0.1, -0.05) is 11.2 Å². The zero-order chi connectivity index (χ0) is 12.4. The van der Waals surface area contributed by atoms with Gasteiger partial charge in [-0.25, -0.2) is 0 Å². The van der Waals surface area contributed by atoms with Crippen LogP contribution < -0.4 is 0 Å². The second-order valence-electron chi connectivity index (χ2n) is 4.46. The summed E-state index contributed by atoms with van der Waals surface area (Å²) < 4.78 is 5.18. The van der Waals surface area contributed by atoms with Gasteiger partial charge < -0.3 is 4.52 Å². The fourth-order valence-electron chi connectivity index (χ4n) is 2.22. The molecule has 0 saturated heterocycles. The van der Waals surface area contributed by atoms with E-state index in [1.807, 2.05) is 18.2 Å². The van der Waals surface area contributed by atoms with Gasteiger partial charge in [-0.2, -0.15) is 4.98 Å². The maximum absolute atomic E-state index is 11.6. The molecular formula is C13H13N3O2. The van der Waals surface area contributed by atoms with E-state index in [1.54, 1.807) is 6.20 Å². The Morgan fingerprint density at radius 1 is 1.39 bits per heavy atom. The van der Waals surface area contributed by atoms with Crippen LogP contribution in [0.15, 0.2) is 28.9 Å². The molecular weight excluding hydrogens is 230 g/mol. The number of hydrogen-bond donors (Lipinski definition) is 0. The molecule has 1 aliphatic rings. The van der Waals surface area contributed by atoms with Crippen LogP contribution in [0.5, 0.6) is 0 Å². The minimum Gasteiger partial charge on any atom is -0.339 e. The minimum atomic E-state index is -0.185. The molecule has 1 saturated carbocycles. The Kier molecular flexibility index (Phi) is 2.88. The topological polar surface area (TPSA) is 68.9 Å². The van der Waals surface area contributed by atoms with Gasteiger partial charge in [-0.3, -0.25) is 9.78 Å². The van der Waals surface area contributed by atoms with Crippen molar-refractivity contribution in [2.24, 2.45) is 0 Å². The van der Waals surface area contributed by atoms with Crippen LogP contribution in [0.1, 0.15) is 42.6 Å². The monoisotopic (exact) mass is 243 g/mol. The van der Waals surface area contributed by atoms with Crippen LogP contribution in [0.2, 0.25) is 0 Å². The lowest BCUT2D eigenvalue weighted by Gasteiger charge is -1.98. The lowest BCUT2D eigenvalue weighted by Crippen LogP contribution is -2.04.